The van der Waals surface area contributed by atoms with Gasteiger partial charge in [0.05, 0.1) is 42.8 Å². The number of anilines is 4. The number of hydrogen-bond donors (Lipinski definition) is 3. The van der Waals surface area contributed by atoms with Crippen LogP contribution in [-0.4, -0.2) is 53.9 Å². The van der Waals surface area contributed by atoms with Gasteiger partial charge in [0.15, 0.2) is 17.4 Å². The number of aryl methyl sites for hydroxylation is 1. The van der Waals surface area contributed by atoms with Crippen LogP contribution in [0.3, 0.4) is 0 Å². The standard InChI is InChI=1S/C24H26N8O4/c1-4-19(34)16-13-25-21(28-20-8-9-32(10-11-33)24(35)29-20)12-18(16)27-17-7-5-6-15(22(17)36-3)23-26-14-31(2)30-23/h5-9,12-14,33H,4,10-11H2,1-3H3,(H2,25,27,28,29,35). The molecule has 0 bridgehead atoms. The highest BCUT2D eigenvalue weighted by Crippen LogP contribution is 2.37. The first kappa shape index (κ1) is 24.5. The number of carbonyl (C=O) groups is 1. The number of methoxy groups -OCH3 is 1. The van der Waals surface area contributed by atoms with Gasteiger partial charge >= 0.3 is 5.69 Å². The summed E-state index contributed by atoms with van der Waals surface area (Å²) in [5.74, 6) is 1.57. The molecule has 3 aromatic heterocycles. The average Bonchev–Trinajstić information content (AvgIpc) is 3.31. The second-order valence-corrected chi connectivity index (χ2v) is 7.78. The molecule has 186 valence electrons. The van der Waals surface area contributed by atoms with E-state index < -0.39 is 5.69 Å². The van der Waals surface area contributed by atoms with Crippen molar-refractivity contribution in [1.82, 2.24) is 29.3 Å². The molecule has 0 spiro atoms. The van der Waals surface area contributed by atoms with Crippen molar-refractivity contribution in [2.45, 2.75) is 19.9 Å². The van der Waals surface area contributed by atoms with Crippen molar-refractivity contribution >= 4 is 28.8 Å². The molecule has 12 heteroatoms. The lowest BCUT2D eigenvalue weighted by atomic mass is 10.1. The van der Waals surface area contributed by atoms with Gasteiger partial charge in [-0.25, -0.2) is 14.8 Å². The highest BCUT2D eigenvalue weighted by atomic mass is 16.5. The molecule has 3 heterocycles. The van der Waals surface area contributed by atoms with Crippen LogP contribution >= 0.6 is 0 Å². The molecule has 0 aliphatic carbocycles. The lowest BCUT2D eigenvalue weighted by Crippen LogP contribution is -2.24. The number of nitrogens with one attached hydrogen (secondary N) is 2. The Labute approximate surface area is 206 Å². The van der Waals surface area contributed by atoms with Crippen LogP contribution in [0.5, 0.6) is 5.75 Å². The smallest absolute Gasteiger partial charge is 0.349 e. The molecule has 0 saturated heterocycles. The molecule has 0 saturated carbocycles. The molecule has 0 fully saturated rings. The molecule has 4 aromatic rings. The SMILES string of the molecule is CCC(=O)c1cnc(Nc2ccn(CCO)c(=O)n2)cc1Nc1cccc(-c2ncn(C)n2)c1OC. The fourth-order valence-corrected chi connectivity index (χ4v) is 3.59. The van der Waals surface area contributed by atoms with E-state index in [-0.39, 0.29) is 24.8 Å². The zero-order valence-electron chi connectivity index (χ0n) is 20.1. The number of pyridine rings is 1. The maximum Gasteiger partial charge on any atom is 0.349 e. The van der Waals surface area contributed by atoms with Gasteiger partial charge < -0.3 is 20.5 Å². The maximum absolute atomic E-state index is 12.7. The molecule has 0 amide bonds. The molecule has 0 radical (unpaired) electrons. The van der Waals surface area contributed by atoms with Crippen molar-refractivity contribution < 1.29 is 14.6 Å². The van der Waals surface area contributed by atoms with Gasteiger partial charge in [-0.1, -0.05) is 13.0 Å². The fourth-order valence-electron chi connectivity index (χ4n) is 3.59. The van der Waals surface area contributed by atoms with Gasteiger partial charge in [-0.3, -0.25) is 14.0 Å². The number of para-hydroxylation sites is 1. The second kappa shape index (κ2) is 10.8. The van der Waals surface area contributed by atoms with Crippen molar-refractivity contribution in [3.63, 3.8) is 0 Å². The Bertz CT molecular complexity index is 1450. The minimum Gasteiger partial charge on any atom is -0.494 e. The van der Waals surface area contributed by atoms with E-state index in [0.29, 0.717) is 46.3 Å². The molecular weight excluding hydrogens is 464 g/mol. The predicted molar refractivity (Wildman–Crippen MR) is 134 cm³/mol. The zero-order valence-corrected chi connectivity index (χ0v) is 20.1. The number of rotatable bonds is 10. The van der Waals surface area contributed by atoms with Gasteiger partial charge in [0, 0.05) is 31.9 Å². The second-order valence-electron chi connectivity index (χ2n) is 7.78. The van der Waals surface area contributed by atoms with E-state index >= 15 is 0 Å². The Morgan fingerprint density at radius 3 is 2.64 bits per heavy atom. The monoisotopic (exact) mass is 490 g/mol. The summed E-state index contributed by atoms with van der Waals surface area (Å²) in [7, 11) is 3.33. The minimum atomic E-state index is -0.505. The van der Waals surface area contributed by atoms with Gasteiger partial charge in [-0.2, -0.15) is 10.1 Å². The Morgan fingerprint density at radius 2 is 1.97 bits per heavy atom. The van der Waals surface area contributed by atoms with E-state index in [1.165, 1.54) is 17.0 Å². The van der Waals surface area contributed by atoms with Crippen molar-refractivity contribution in [3.8, 4) is 17.1 Å². The first-order valence-electron chi connectivity index (χ1n) is 11.2. The van der Waals surface area contributed by atoms with Crippen LogP contribution in [0.25, 0.3) is 11.4 Å². The highest BCUT2D eigenvalue weighted by Gasteiger charge is 2.18. The van der Waals surface area contributed by atoms with Crippen LogP contribution in [-0.2, 0) is 13.6 Å². The molecule has 0 aliphatic rings. The number of aliphatic hydroxyl groups excluding tert-OH is 1. The third kappa shape index (κ3) is 5.23. The molecule has 1 aromatic carbocycles. The van der Waals surface area contributed by atoms with Gasteiger partial charge in [-0.15, -0.1) is 0 Å². The number of ether oxygens (including phenoxy) is 1. The van der Waals surface area contributed by atoms with E-state index in [1.54, 1.807) is 44.2 Å². The van der Waals surface area contributed by atoms with Crippen molar-refractivity contribution in [2.75, 3.05) is 24.4 Å². The lowest BCUT2D eigenvalue weighted by Gasteiger charge is -2.17. The van der Waals surface area contributed by atoms with E-state index in [9.17, 15) is 9.59 Å². The summed E-state index contributed by atoms with van der Waals surface area (Å²) in [4.78, 5) is 37.4. The van der Waals surface area contributed by atoms with E-state index in [0.717, 1.165) is 0 Å². The van der Waals surface area contributed by atoms with Crippen LogP contribution in [0.1, 0.15) is 23.7 Å². The van der Waals surface area contributed by atoms with Crippen LogP contribution in [0.15, 0.2) is 53.8 Å². The number of Topliss-reactive ketones (excluding diaryl/α,β-unsaturated/α-hetero) is 1. The summed E-state index contributed by atoms with van der Waals surface area (Å²) in [6, 6.07) is 8.77. The minimum absolute atomic E-state index is 0.0946. The largest absolute Gasteiger partial charge is 0.494 e. The Balaban J connectivity index is 1.70. The molecule has 0 aliphatic heterocycles. The summed E-state index contributed by atoms with van der Waals surface area (Å²) < 4.78 is 8.57. The van der Waals surface area contributed by atoms with Crippen molar-refractivity contribution in [1.29, 1.82) is 0 Å². The molecule has 0 unspecified atom stereocenters. The van der Waals surface area contributed by atoms with Crippen molar-refractivity contribution in [2.24, 2.45) is 7.05 Å². The van der Waals surface area contributed by atoms with Crippen LogP contribution < -0.4 is 21.1 Å². The first-order valence-corrected chi connectivity index (χ1v) is 11.2. The fraction of sp³-hybridized carbons (Fsp3) is 0.250. The topological polar surface area (TPSA) is 149 Å². The first-order chi connectivity index (χ1) is 17.4. The molecule has 36 heavy (non-hydrogen) atoms. The number of carbonyl (C=O) groups excluding carboxylic acids is 1. The number of aliphatic hydroxyl groups is 1. The van der Waals surface area contributed by atoms with E-state index in [2.05, 4.69) is 30.7 Å². The van der Waals surface area contributed by atoms with Crippen LogP contribution in [0.4, 0.5) is 23.0 Å². The van der Waals surface area contributed by atoms with Gasteiger partial charge in [0.2, 0.25) is 0 Å². The summed E-state index contributed by atoms with van der Waals surface area (Å²) in [5, 5.41) is 19.7. The molecule has 0 atom stereocenters. The zero-order chi connectivity index (χ0) is 25.7. The quantitative estimate of drug-likeness (QED) is 0.283. The Kier molecular flexibility index (Phi) is 7.35. The normalized spacial score (nSPS) is 10.8. The van der Waals surface area contributed by atoms with Crippen LogP contribution in [0.2, 0.25) is 0 Å². The summed E-state index contributed by atoms with van der Waals surface area (Å²) in [6.07, 6.45) is 4.90. The van der Waals surface area contributed by atoms with Crippen LogP contribution in [0, 0.1) is 0 Å². The Hall–Kier alpha value is -4.58. The highest BCUT2D eigenvalue weighted by molar-refractivity contribution is 6.02. The van der Waals surface area contributed by atoms with Gasteiger partial charge in [0.1, 0.15) is 18.0 Å². The van der Waals surface area contributed by atoms with E-state index in [4.69, 9.17) is 9.84 Å². The third-order valence-electron chi connectivity index (χ3n) is 5.33. The maximum atomic E-state index is 12.7. The molecule has 4 rings (SSSR count). The summed E-state index contributed by atoms with van der Waals surface area (Å²) >= 11 is 0. The summed E-state index contributed by atoms with van der Waals surface area (Å²) in [6.45, 7) is 1.76. The molecule has 12 nitrogen and oxygen atoms in total. The van der Waals surface area contributed by atoms with Gasteiger partial charge in [-0.05, 0) is 18.2 Å². The van der Waals surface area contributed by atoms with E-state index in [1.807, 2.05) is 18.2 Å². The number of hydrogen-bond acceptors (Lipinski definition) is 10. The molecular formula is C24H26N8O4. The number of benzene rings is 1. The lowest BCUT2D eigenvalue weighted by molar-refractivity contribution is 0.0988. The number of aromatic nitrogens is 6. The van der Waals surface area contributed by atoms with Crippen molar-refractivity contribution in [3.05, 3.63) is 65.1 Å². The third-order valence-corrected chi connectivity index (χ3v) is 5.33. The Morgan fingerprint density at radius 1 is 1.14 bits per heavy atom. The molecule has 3 N–H and O–H groups in total. The average molecular weight is 491 g/mol. The predicted octanol–water partition coefficient (Wildman–Crippen LogP) is 2.51. The number of nitrogens with zero attached hydrogens (tertiary/aromatic N) is 6. The number of ketones is 1. The van der Waals surface area contributed by atoms with Gasteiger partial charge in [0.25, 0.3) is 0 Å². The summed E-state index contributed by atoms with van der Waals surface area (Å²) in [5.41, 5.74) is 1.69.